The van der Waals surface area contributed by atoms with Crippen LogP contribution in [0.3, 0.4) is 0 Å². The molecule has 0 spiro atoms. The molecule has 0 aliphatic carbocycles. The van der Waals surface area contributed by atoms with Crippen molar-refractivity contribution < 1.29 is 9.53 Å². The first-order valence-corrected chi connectivity index (χ1v) is 12.2. The fourth-order valence-electron chi connectivity index (χ4n) is 5.43. The van der Waals surface area contributed by atoms with Crippen LogP contribution in [-0.4, -0.2) is 46.0 Å². The van der Waals surface area contributed by atoms with Crippen LogP contribution >= 0.6 is 0 Å². The second-order valence-corrected chi connectivity index (χ2v) is 9.51. The molecule has 2 aliphatic heterocycles. The second kappa shape index (κ2) is 8.82. The highest BCUT2D eigenvalue weighted by Gasteiger charge is 2.28. The number of hydrogen-bond donors (Lipinski definition) is 2. The molecule has 178 valence electrons. The Balaban J connectivity index is 1.38. The van der Waals surface area contributed by atoms with Crippen molar-refractivity contribution in [2.45, 2.75) is 38.8 Å². The minimum atomic E-state index is 0.0170. The quantitative estimate of drug-likeness (QED) is 0.460. The molecular formula is C28H29N5O2. The Hall–Kier alpha value is -3.71. The summed E-state index contributed by atoms with van der Waals surface area (Å²) in [5, 5.41) is 4.84. The second-order valence-electron chi connectivity index (χ2n) is 9.51. The summed E-state index contributed by atoms with van der Waals surface area (Å²) in [6.45, 7) is 4.43. The summed E-state index contributed by atoms with van der Waals surface area (Å²) >= 11 is 0. The Morgan fingerprint density at radius 1 is 1.17 bits per heavy atom. The molecule has 6 rings (SSSR count). The smallest absolute Gasteiger partial charge is 0.254 e. The number of amides is 1. The predicted octanol–water partition coefficient (Wildman–Crippen LogP) is 4.56. The zero-order valence-electron chi connectivity index (χ0n) is 20.1. The number of aryl methyl sites for hydroxylation is 1. The number of pyridine rings is 2. The molecule has 1 atom stereocenters. The van der Waals surface area contributed by atoms with E-state index in [2.05, 4.69) is 45.4 Å². The van der Waals surface area contributed by atoms with Crippen molar-refractivity contribution in [2.75, 3.05) is 20.2 Å². The molecule has 35 heavy (non-hydrogen) atoms. The molecule has 0 radical (unpaired) electrons. The van der Waals surface area contributed by atoms with Gasteiger partial charge in [0, 0.05) is 60.3 Å². The van der Waals surface area contributed by atoms with Gasteiger partial charge in [-0.3, -0.25) is 4.79 Å². The maximum absolute atomic E-state index is 13.3. The average Bonchev–Trinajstić information content (AvgIpc) is 3.57. The van der Waals surface area contributed by atoms with E-state index in [1.807, 2.05) is 17.3 Å². The minimum Gasteiger partial charge on any atom is -0.481 e. The van der Waals surface area contributed by atoms with Crippen LogP contribution in [0.25, 0.3) is 22.2 Å². The first kappa shape index (κ1) is 21.8. The Morgan fingerprint density at radius 3 is 2.91 bits per heavy atom. The third kappa shape index (κ3) is 3.96. The van der Waals surface area contributed by atoms with Crippen LogP contribution in [0.5, 0.6) is 5.88 Å². The first-order valence-electron chi connectivity index (χ1n) is 12.2. The lowest BCUT2D eigenvalue weighted by Crippen LogP contribution is -2.37. The van der Waals surface area contributed by atoms with Crippen LogP contribution in [-0.2, 0) is 13.0 Å². The Kier molecular flexibility index (Phi) is 5.49. The van der Waals surface area contributed by atoms with Crippen molar-refractivity contribution in [3.63, 3.8) is 0 Å². The molecule has 2 N–H and O–H groups in total. The molecule has 5 heterocycles. The van der Waals surface area contributed by atoms with Gasteiger partial charge in [0.05, 0.1) is 7.11 Å². The van der Waals surface area contributed by atoms with Gasteiger partial charge < -0.3 is 19.9 Å². The highest BCUT2D eigenvalue weighted by atomic mass is 16.5. The number of hydrogen-bond acceptors (Lipinski definition) is 5. The monoisotopic (exact) mass is 467 g/mol. The molecule has 1 fully saturated rings. The zero-order chi connectivity index (χ0) is 23.9. The number of carbonyl (C=O) groups is 1. The summed E-state index contributed by atoms with van der Waals surface area (Å²) in [6, 6.07) is 10.6. The normalized spacial score (nSPS) is 17.5. The number of rotatable bonds is 4. The number of carbonyl (C=O) groups excluding carboxylic acids is 1. The number of nitrogens with one attached hydrogen (secondary N) is 2. The van der Waals surface area contributed by atoms with Crippen molar-refractivity contribution >= 4 is 16.9 Å². The maximum Gasteiger partial charge on any atom is 0.254 e. The molecule has 1 saturated heterocycles. The van der Waals surface area contributed by atoms with Crippen LogP contribution in [0.1, 0.15) is 51.5 Å². The van der Waals surface area contributed by atoms with Crippen molar-refractivity contribution in [3.8, 4) is 17.0 Å². The molecule has 2 aliphatic rings. The van der Waals surface area contributed by atoms with Gasteiger partial charge in [0.2, 0.25) is 5.88 Å². The van der Waals surface area contributed by atoms with E-state index in [4.69, 9.17) is 4.74 Å². The average molecular weight is 468 g/mol. The van der Waals surface area contributed by atoms with Crippen LogP contribution < -0.4 is 10.1 Å². The molecule has 3 aromatic heterocycles. The SMILES string of the molecule is COc1cc(C(=O)N2CCc3cc(-c4cnc5[nH]cc(C)c5c4)cc([C@@H]4CCCN4)c3C2)ccn1. The molecule has 7 nitrogen and oxygen atoms in total. The van der Waals surface area contributed by atoms with Crippen molar-refractivity contribution in [3.05, 3.63) is 76.7 Å². The van der Waals surface area contributed by atoms with Crippen LogP contribution in [0.4, 0.5) is 0 Å². The molecule has 1 aromatic carbocycles. The number of H-pyrrole nitrogens is 1. The van der Waals surface area contributed by atoms with Gasteiger partial charge in [0.25, 0.3) is 5.91 Å². The van der Waals surface area contributed by atoms with Crippen molar-refractivity contribution in [1.29, 1.82) is 0 Å². The largest absolute Gasteiger partial charge is 0.481 e. The van der Waals surface area contributed by atoms with E-state index in [0.717, 1.165) is 36.0 Å². The maximum atomic E-state index is 13.3. The van der Waals surface area contributed by atoms with Gasteiger partial charge in [-0.2, -0.15) is 0 Å². The topological polar surface area (TPSA) is 83.1 Å². The molecular weight excluding hydrogens is 438 g/mol. The van der Waals surface area contributed by atoms with Crippen LogP contribution in [0.15, 0.2) is 48.9 Å². The van der Waals surface area contributed by atoms with E-state index < -0.39 is 0 Å². The summed E-state index contributed by atoms with van der Waals surface area (Å²) in [5.41, 5.74) is 8.97. The molecule has 4 aromatic rings. The minimum absolute atomic E-state index is 0.0170. The van der Waals surface area contributed by atoms with Gasteiger partial charge in [-0.25, -0.2) is 9.97 Å². The Bertz CT molecular complexity index is 1420. The zero-order valence-corrected chi connectivity index (χ0v) is 20.1. The Labute approximate surface area is 204 Å². The lowest BCUT2D eigenvalue weighted by atomic mass is 9.87. The fourth-order valence-corrected chi connectivity index (χ4v) is 5.43. The van der Waals surface area contributed by atoms with E-state index in [1.165, 1.54) is 34.2 Å². The fraction of sp³-hybridized carbons (Fsp3) is 0.321. The highest BCUT2D eigenvalue weighted by molar-refractivity contribution is 5.94. The summed E-state index contributed by atoms with van der Waals surface area (Å²) in [7, 11) is 1.57. The summed E-state index contributed by atoms with van der Waals surface area (Å²) in [4.78, 5) is 27.3. The van der Waals surface area contributed by atoms with Gasteiger partial charge in [-0.1, -0.05) is 6.07 Å². The van der Waals surface area contributed by atoms with Gasteiger partial charge in [-0.15, -0.1) is 0 Å². The van der Waals surface area contributed by atoms with Crippen molar-refractivity contribution in [1.82, 2.24) is 25.2 Å². The first-order chi connectivity index (χ1) is 17.1. The third-order valence-electron chi connectivity index (χ3n) is 7.36. The van der Waals surface area contributed by atoms with Crippen molar-refractivity contribution in [2.24, 2.45) is 0 Å². The number of aromatic nitrogens is 3. The van der Waals surface area contributed by atoms with Gasteiger partial charge in [0.1, 0.15) is 5.65 Å². The lowest BCUT2D eigenvalue weighted by Gasteiger charge is -2.32. The lowest BCUT2D eigenvalue weighted by molar-refractivity contribution is 0.0733. The van der Waals surface area contributed by atoms with E-state index >= 15 is 0 Å². The van der Waals surface area contributed by atoms with E-state index in [0.29, 0.717) is 30.6 Å². The van der Waals surface area contributed by atoms with Crippen LogP contribution in [0.2, 0.25) is 0 Å². The number of fused-ring (bicyclic) bond motifs is 2. The number of methoxy groups -OCH3 is 1. The summed E-state index contributed by atoms with van der Waals surface area (Å²) < 4.78 is 5.22. The third-order valence-corrected chi connectivity index (χ3v) is 7.36. The molecule has 1 amide bonds. The molecule has 0 unspecified atom stereocenters. The number of ether oxygens (including phenoxy) is 1. The van der Waals surface area contributed by atoms with Gasteiger partial charge in [-0.05, 0) is 78.7 Å². The molecule has 0 bridgehead atoms. The number of benzene rings is 1. The molecule has 0 saturated carbocycles. The van der Waals surface area contributed by atoms with E-state index in [9.17, 15) is 4.79 Å². The van der Waals surface area contributed by atoms with E-state index in [1.54, 1.807) is 25.4 Å². The number of nitrogens with zero attached hydrogens (tertiary/aromatic N) is 3. The summed E-state index contributed by atoms with van der Waals surface area (Å²) in [5.74, 6) is 0.473. The van der Waals surface area contributed by atoms with Crippen LogP contribution in [0, 0.1) is 6.92 Å². The van der Waals surface area contributed by atoms with E-state index in [-0.39, 0.29) is 5.91 Å². The predicted molar refractivity (Wildman–Crippen MR) is 135 cm³/mol. The standard InChI is InChI=1S/C28H29N5O2/c1-17-14-31-27-22(17)12-21(15-32-27)20-10-18-6-9-33(28(34)19-5-8-30-26(13-19)35-2)16-24(18)23(11-20)25-4-3-7-29-25/h5,8,10-15,25,29H,3-4,6-7,9,16H2,1-2H3,(H,31,32)/t25-/m0/s1. The van der Waals surface area contributed by atoms with Gasteiger partial charge in [0.15, 0.2) is 0 Å². The molecule has 7 heteroatoms. The number of aromatic amines is 1. The van der Waals surface area contributed by atoms with Gasteiger partial charge >= 0.3 is 0 Å². The highest BCUT2D eigenvalue weighted by Crippen LogP contribution is 2.36. The Morgan fingerprint density at radius 2 is 2.09 bits per heavy atom. The summed E-state index contributed by atoms with van der Waals surface area (Å²) in [6.07, 6.45) is 8.70.